The van der Waals surface area contributed by atoms with E-state index in [2.05, 4.69) is 4.74 Å². The number of aldehydes is 1. The number of aliphatic carboxylic acids is 2. The van der Waals surface area contributed by atoms with Crippen LogP contribution in [0.2, 0.25) is 0 Å². The topological polar surface area (TPSA) is 179 Å². The van der Waals surface area contributed by atoms with Crippen molar-refractivity contribution in [2.45, 2.75) is 25.6 Å². The average Bonchev–Trinajstić information content (AvgIpc) is 2.35. The number of carboxylic acid groups (broad SMARTS) is 3. The van der Waals surface area contributed by atoms with Gasteiger partial charge in [0.1, 0.15) is 12.3 Å². The predicted octanol–water partition coefficient (Wildman–Crippen LogP) is -0.931. The van der Waals surface area contributed by atoms with Gasteiger partial charge in [-0.1, -0.05) is 6.92 Å². The molecular weight excluding hydrogens is 292 g/mol. The summed E-state index contributed by atoms with van der Waals surface area (Å²) in [5.41, 5.74) is 0. The summed E-state index contributed by atoms with van der Waals surface area (Å²) in [6, 6.07) is -2.72. The number of nitrogens with one attached hydrogen (secondary N) is 2. The van der Waals surface area contributed by atoms with Crippen LogP contribution in [0.4, 0.5) is 9.59 Å². The molecule has 0 aromatic rings. The van der Waals surface area contributed by atoms with E-state index < -0.39 is 42.3 Å². The molecule has 1 unspecified atom stereocenters. The van der Waals surface area contributed by atoms with Crippen molar-refractivity contribution in [1.29, 1.82) is 0 Å². The van der Waals surface area contributed by atoms with Gasteiger partial charge in [0.2, 0.25) is 0 Å². The van der Waals surface area contributed by atoms with Crippen molar-refractivity contribution >= 4 is 30.4 Å². The minimum atomic E-state index is -2.19. The molecule has 118 valence electrons. The standard InChI is InChI=1S/C10H14N2O9/c1-4(3-13)2-5(7(14)15)11-9(18)12-6(8(16)17)21-10(19)20/h3-6H,2H2,1H3,(H,14,15)(H,16,17)(H,19,20)(H2,11,12,18)/t4?,5-,6-/m0/s1. The first-order valence-corrected chi connectivity index (χ1v) is 5.54. The van der Waals surface area contributed by atoms with Gasteiger partial charge in [-0.25, -0.2) is 19.2 Å². The Labute approximate surface area is 117 Å². The maximum absolute atomic E-state index is 11.4. The average molecular weight is 306 g/mol. The molecule has 0 bridgehead atoms. The third-order valence-corrected chi connectivity index (χ3v) is 2.15. The van der Waals surface area contributed by atoms with Gasteiger partial charge in [-0.15, -0.1) is 0 Å². The van der Waals surface area contributed by atoms with Gasteiger partial charge in [-0.05, 0) is 6.42 Å². The number of ether oxygens (including phenoxy) is 1. The summed E-state index contributed by atoms with van der Waals surface area (Å²) in [5.74, 6) is -3.89. The lowest BCUT2D eigenvalue weighted by Gasteiger charge is -2.18. The summed E-state index contributed by atoms with van der Waals surface area (Å²) in [5, 5.41) is 29.3. The molecule has 0 fully saturated rings. The fourth-order valence-corrected chi connectivity index (χ4v) is 1.21. The first-order valence-electron chi connectivity index (χ1n) is 5.54. The van der Waals surface area contributed by atoms with Crippen LogP contribution in [-0.4, -0.2) is 58.0 Å². The third-order valence-electron chi connectivity index (χ3n) is 2.15. The summed E-state index contributed by atoms with van der Waals surface area (Å²) in [4.78, 5) is 53.6. The maximum Gasteiger partial charge on any atom is 0.508 e. The zero-order valence-corrected chi connectivity index (χ0v) is 10.8. The van der Waals surface area contributed by atoms with E-state index in [0.717, 1.165) is 0 Å². The van der Waals surface area contributed by atoms with Gasteiger partial charge in [-0.2, -0.15) is 0 Å². The second kappa shape index (κ2) is 8.35. The van der Waals surface area contributed by atoms with Crippen molar-refractivity contribution < 1.29 is 44.0 Å². The van der Waals surface area contributed by atoms with Crippen LogP contribution < -0.4 is 10.6 Å². The molecule has 21 heavy (non-hydrogen) atoms. The number of rotatable bonds is 8. The van der Waals surface area contributed by atoms with Gasteiger partial charge in [-0.3, -0.25) is 5.32 Å². The molecule has 0 aromatic carbocycles. The summed E-state index contributed by atoms with van der Waals surface area (Å²) in [6.07, 6.45) is -3.86. The molecule has 0 aliphatic heterocycles. The number of hydrogen-bond acceptors (Lipinski definition) is 6. The lowest BCUT2D eigenvalue weighted by atomic mass is 10.0. The Morgan fingerprint density at radius 2 is 1.67 bits per heavy atom. The molecular formula is C10H14N2O9. The quantitative estimate of drug-likeness (QED) is 0.215. The Morgan fingerprint density at radius 3 is 2.05 bits per heavy atom. The van der Waals surface area contributed by atoms with E-state index in [9.17, 15) is 24.0 Å². The molecule has 0 aliphatic rings. The minimum Gasteiger partial charge on any atom is -0.480 e. The highest BCUT2D eigenvalue weighted by atomic mass is 16.7. The van der Waals surface area contributed by atoms with E-state index in [1.807, 2.05) is 5.32 Å². The molecule has 11 nitrogen and oxygen atoms in total. The second-order valence-corrected chi connectivity index (χ2v) is 3.96. The third kappa shape index (κ3) is 7.34. The van der Waals surface area contributed by atoms with E-state index in [1.54, 1.807) is 5.32 Å². The molecule has 0 saturated carbocycles. The number of carbonyl (C=O) groups is 5. The van der Waals surface area contributed by atoms with E-state index in [4.69, 9.17) is 15.3 Å². The molecule has 0 rings (SSSR count). The Bertz CT molecular complexity index is 436. The van der Waals surface area contributed by atoms with E-state index in [0.29, 0.717) is 6.29 Å². The smallest absolute Gasteiger partial charge is 0.480 e. The fourth-order valence-electron chi connectivity index (χ4n) is 1.21. The van der Waals surface area contributed by atoms with Gasteiger partial charge in [0, 0.05) is 5.92 Å². The van der Waals surface area contributed by atoms with Crippen LogP contribution in [0.1, 0.15) is 13.3 Å². The van der Waals surface area contributed by atoms with Gasteiger partial charge < -0.3 is 30.2 Å². The van der Waals surface area contributed by atoms with Gasteiger partial charge in [0.15, 0.2) is 0 Å². The Hall–Kier alpha value is -2.85. The van der Waals surface area contributed by atoms with E-state index in [1.165, 1.54) is 6.92 Å². The molecule has 11 heteroatoms. The largest absolute Gasteiger partial charge is 0.508 e. The summed E-state index contributed by atoms with van der Waals surface area (Å²) >= 11 is 0. The summed E-state index contributed by atoms with van der Waals surface area (Å²) in [7, 11) is 0. The molecule has 3 atom stereocenters. The number of carboxylic acids is 2. The molecule has 2 amide bonds. The van der Waals surface area contributed by atoms with Crippen molar-refractivity contribution in [3.8, 4) is 0 Å². The molecule has 0 aliphatic carbocycles. The zero-order chi connectivity index (χ0) is 16.6. The lowest BCUT2D eigenvalue weighted by molar-refractivity contribution is -0.149. The van der Waals surface area contributed by atoms with Crippen LogP contribution in [-0.2, 0) is 19.1 Å². The molecule has 0 heterocycles. The Morgan fingerprint density at radius 1 is 1.10 bits per heavy atom. The van der Waals surface area contributed by atoms with Gasteiger partial charge >= 0.3 is 24.1 Å². The monoisotopic (exact) mass is 306 g/mol. The number of hydrogen-bond donors (Lipinski definition) is 5. The lowest BCUT2D eigenvalue weighted by Crippen LogP contribution is -2.52. The van der Waals surface area contributed by atoms with Crippen molar-refractivity contribution in [3.05, 3.63) is 0 Å². The Kier molecular flexibility index (Phi) is 7.21. The minimum absolute atomic E-state index is 0.218. The van der Waals surface area contributed by atoms with Crippen molar-refractivity contribution in [2.24, 2.45) is 5.92 Å². The summed E-state index contributed by atoms with van der Waals surface area (Å²) in [6.45, 7) is 1.43. The molecule has 0 radical (unpaired) electrons. The van der Waals surface area contributed by atoms with Gasteiger partial charge in [0.25, 0.3) is 6.23 Å². The van der Waals surface area contributed by atoms with Crippen LogP contribution >= 0.6 is 0 Å². The predicted molar refractivity (Wildman–Crippen MR) is 63.5 cm³/mol. The first-order chi connectivity index (χ1) is 9.67. The highest BCUT2D eigenvalue weighted by Crippen LogP contribution is 2.03. The molecule has 5 N–H and O–H groups in total. The Balaban J connectivity index is 4.67. The van der Waals surface area contributed by atoms with Crippen LogP contribution in [0.15, 0.2) is 0 Å². The highest BCUT2D eigenvalue weighted by molar-refractivity contribution is 5.86. The zero-order valence-electron chi connectivity index (χ0n) is 10.8. The van der Waals surface area contributed by atoms with Gasteiger partial charge in [0.05, 0.1) is 0 Å². The maximum atomic E-state index is 11.4. The highest BCUT2D eigenvalue weighted by Gasteiger charge is 2.27. The number of urea groups is 1. The molecule has 0 spiro atoms. The van der Waals surface area contributed by atoms with Crippen molar-refractivity contribution in [2.75, 3.05) is 0 Å². The van der Waals surface area contributed by atoms with Crippen molar-refractivity contribution in [3.63, 3.8) is 0 Å². The molecule has 0 aromatic heterocycles. The van der Waals surface area contributed by atoms with Crippen molar-refractivity contribution in [1.82, 2.24) is 10.6 Å². The SMILES string of the molecule is CC(C=O)C[C@H](NC(=O)N[C@@H](OC(=O)O)C(=O)O)C(=O)O. The van der Waals surface area contributed by atoms with Crippen LogP contribution in [0, 0.1) is 5.92 Å². The van der Waals surface area contributed by atoms with E-state index in [-0.39, 0.29) is 6.42 Å². The number of amides is 2. The van der Waals surface area contributed by atoms with Crippen LogP contribution in [0.5, 0.6) is 0 Å². The van der Waals surface area contributed by atoms with Crippen LogP contribution in [0.3, 0.4) is 0 Å². The first kappa shape index (κ1) is 18.1. The summed E-state index contributed by atoms with van der Waals surface area (Å²) < 4.78 is 3.87. The molecule has 0 saturated heterocycles. The van der Waals surface area contributed by atoms with E-state index >= 15 is 0 Å². The van der Waals surface area contributed by atoms with Crippen LogP contribution in [0.25, 0.3) is 0 Å². The normalized spacial score (nSPS) is 14.1. The second-order valence-electron chi connectivity index (χ2n) is 3.96. The fraction of sp³-hybridized carbons (Fsp3) is 0.500. The number of carbonyl (C=O) groups excluding carboxylic acids is 2.